The summed E-state index contributed by atoms with van der Waals surface area (Å²) in [5.41, 5.74) is -0.328. The highest BCUT2D eigenvalue weighted by atomic mass is 16.7. The van der Waals surface area contributed by atoms with Crippen LogP contribution in [-0.4, -0.2) is 79.0 Å². The minimum Gasteiger partial charge on any atom is -0.508 e. The molecule has 3 aromatic carbocycles. The Bertz CT molecular complexity index is 1710. The van der Waals surface area contributed by atoms with E-state index in [1.54, 1.807) is 12.1 Å². The average Bonchev–Trinajstić information content (AvgIpc) is 2.97. The number of esters is 1. The first-order valence-corrected chi connectivity index (χ1v) is 12.8. The molecule has 1 aromatic heterocycles. The SMILES string of the molecule is O=C(/C=C\c1ccc(O)cc1)OC[C@@H]1O[C@H](Oc2c(-c3ccc(O)cc3)oc3cc(O)cc(O)c3c2=O)[C@@H](O)[C@H](O)[C@H]1O. The van der Waals surface area contributed by atoms with Crippen LogP contribution in [0.4, 0.5) is 0 Å². The molecule has 5 atom stereocenters. The lowest BCUT2D eigenvalue weighted by Gasteiger charge is -2.39. The molecule has 0 unspecified atom stereocenters. The van der Waals surface area contributed by atoms with Crippen molar-refractivity contribution in [1.82, 2.24) is 0 Å². The number of aliphatic hydroxyl groups is 3. The molecule has 7 N–H and O–H groups in total. The summed E-state index contributed by atoms with van der Waals surface area (Å²) < 4.78 is 22.2. The Balaban J connectivity index is 1.42. The van der Waals surface area contributed by atoms with Gasteiger partial charge in [-0.1, -0.05) is 12.1 Å². The number of ether oxygens (including phenoxy) is 3. The summed E-state index contributed by atoms with van der Waals surface area (Å²) in [5, 5.41) is 70.6. The Labute approximate surface area is 242 Å². The fourth-order valence-electron chi connectivity index (χ4n) is 4.41. The smallest absolute Gasteiger partial charge is 0.330 e. The standard InChI is InChI=1S/C30H26O13/c31-16-6-1-14(2-7-16)3-10-22(35)40-13-21-24(36)26(38)27(39)30(42-21)43-29-25(37)23-19(34)11-18(33)12-20(23)41-28(29)15-4-8-17(32)9-5-15/h1-12,21,24,26-27,30-34,36,38-39H,13H2/b10-3-/t21-,24-,26+,27-,30+/m0/s1. The molecule has 1 aliphatic heterocycles. The molecular weight excluding hydrogens is 568 g/mol. The highest BCUT2D eigenvalue weighted by Crippen LogP contribution is 2.37. The van der Waals surface area contributed by atoms with Crippen LogP contribution in [0.2, 0.25) is 0 Å². The topological polar surface area (TPSA) is 217 Å². The van der Waals surface area contributed by atoms with E-state index in [1.807, 2.05) is 0 Å². The van der Waals surface area contributed by atoms with Gasteiger partial charge in [0, 0.05) is 23.8 Å². The van der Waals surface area contributed by atoms with E-state index in [4.69, 9.17) is 18.6 Å². The van der Waals surface area contributed by atoms with Gasteiger partial charge >= 0.3 is 5.97 Å². The molecule has 0 radical (unpaired) electrons. The third-order valence-corrected chi connectivity index (χ3v) is 6.64. The molecule has 2 heterocycles. The zero-order chi connectivity index (χ0) is 30.8. The number of phenols is 4. The summed E-state index contributed by atoms with van der Waals surface area (Å²) in [6.07, 6.45) is -6.17. The molecule has 43 heavy (non-hydrogen) atoms. The summed E-state index contributed by atoms with van der Waals surface area (Å²) in [6.45, 7) is -0.583. The number of hydrogen-bond acceptors (Lipinski definition) is 13. The summed E-state index contributed by atoms with van der Waals surface area (Å²) in [4.78, 5) is 25.8. The van der Waals surface area contributed by atoms with Crippen molar-refractivity contribution in [2.24, 2.45) is 0 Å². The monoisotopic (exact) mass is 594 g/mol. The van der Waals surface area contributed by atoms with Crippen molar-refractivity contribution in [3.63, 3.8) is 0 Å². The van der Waals surface area contributed by atoms with Gasteiger partial charge < -0.3 is 54.4 Å². The molecule has 0 amide bonds. The summed E-state index contributed by atoms with van der Waals surface area (Å²) in [7, 11) is 0. The Morgan fingerprint density at radius 3 is 2.16 bits per heavy atom. The molecule has 1 aliphatic rings. The third kappa shape index (κ3) is 6.24. The second kappa shape index (κ2) is 12.0. The van der Waals surface area contributed by atoms with Crippen LogP contribution in [0.5, 0.6) is 28.7 Å². The van der Waals surface area contributed by atoms with Crippen LogP contribution in [0.3, 0.4) is 0 Å². The maximum absolute atomic E-state index is 13.5. The zero-order valence-electron chi connectivity index (χ0n) is 22.1. The first-order valence-electron chi connectivity index (χ1n) is 12.8. The Hall–Kier alpha value is -5.08. The second-order valence-corrected chi connectivity index (χ2v) is 9.66. The minimum atomic E-state index is -1.90. The van der Waals surface area contributed by atoms with Gasteiger partial charge in [-0.25, -0.2) is 4.79 Å². The van der Waals surface area contributed by atoms with Crippen LogP contribution in [0.25, 0.3) is 28.4 Å². The van der Waals surface area contributed by atoms with Crippen molar-refractivity contribution >= 4 is 23.0 Å². The average molecular weight is 595 g/mol. The van der Waals surface area contributed by atoms with Gasteiger partial charge in [0.2, 0.25) is 17.5 Å². The van der Waals surface area contributed by atoms with E-state index in [1.165, 1.54) is 42.5 Å². The fourth-order valence-corrected chi connectivity index (χ4v) is 4.41. The Kier molecular flexibility index (Phi) is 8.23. The summed E-state index contributed by atoms with van der Waals surface area (Å²) >= 11 is 0. The number of phenolic OH excluding ortho intramolecular Hbond substituents is 4. The number of carbonyl (C=O) groups excluding carboxylic acids is 1. The number of aromatic hydroxyl groups is 4. The maximum Gasteiger partial charge on any atom is 0.330 e. The van der Waals surface area contributed by atoms with Crippen molar-refractivity contribution in [2.75, 3.05) is 6.61 Å². The first kappa shape index (κ1) is 29.4. The number of rotatable bonds is 7. The van der Waals surface area contributed by atoms with E-state index in [0.29, 0.717) is 5.56 Å². The normalized spacial score (nSPS) is 22.1. The Morgan fingerprint density at radius 2 is 1.49 bits per heavy atom. The largest absolute Gasteiger partial charge is 0.508 e. The van der Waals surface area contributed by atoms with Gasteiger partial charge in [-0.3, -0.25) is 4.79 Å². The summed E-state index contributed by atoms with van der Waals surface area (Å²) in [5.74, 6) is -2.70. The van der Waals surface area contributed by atoms with Gasteiger partial charge in [-0.15, -0.1) is 0 Å². The molecule has 13 heteroatoms. The van der Waals surface area contributed by atoms with Crippen LogP contribution in [0.1, 0.15) is 5.56 Å². The maximum atomic E-state index is 13.5. The molecule has 1 saturated heterocycles. The molecule has 13 nitrogen and oxygen atoms in total. The van der Waals surface area contributed by atoms with Gasteiger partial charge in [0.25, 0.3) is 0 Å². The second-order valence-electron chi connectivity index (χ2n) is 9.66. The predicted octanol–water partition coefficient (Wildman–Crippen LogP) is 1.73. The van der Waals surface area contributed by atoms with Crippen LogP contribution >= 0.6 is 0 Å². The molecule has 0 saturated carbocycles. The number of hydrogen-bond donors (Lipinski definition) is 7. The van der Waals surface area contributed by atoms with Gasteiger partial charge in [0.1, 0.15) is 65.0 Å². The lowest BCUT2D eigenvalue weighted by Crippen LogP contribution is -2.60. The molecule has 5 rings (SSSR count). The molecule has 0 aliphatic carbocycles. The fraction of sp³-hybridized carbons (Fsp3) is 0.200. The minimum absolute atomic E-state index is 0.0495. The van der Waals surface area contributed by atoms with Crippen LogP contribution in [0.15, 0.2) is 76.0 Å². The van der Waals surface area contributed by atoms with E-state index in [9.17, 15) is 45.3 Å². The number of aliphatic hydroxyl groups excluding tert-OH is 3. The summed E-state index contributed by atoms with van der Waals surface area (Å²) in [6, 6.07) is 13.4. The van der Waals surface area contributed by atoms with Gasteiger partial charge in [0.15, 0.2) is 5.76 Å². The molecule has 224 valence electrons. The van der Waals surface area contributed by atoms with Crippen molar-refractivity contribution < 1.29 is 59.2 Å². The van der Waals surface area contributed by atoms with E-state index in [0.717, 1.165) is 18.2 Å². The first-order chi connectivity index (χ1) is 20.5. The number of benzene rings is 3. The van der Waals surface area contributed by atoms with Crippen molar-refractivity contribution in [3.8, 4) is 40.1 Å². The third-order valence-electron chi connectivity index (χ3n) is 6.64. The van der Waals surface area contributed by atoms with Crippen molar-refractivity contribution in [2.45, 2.75) is 30.7 Å². The van der Waals surface area contributed by atoms with Gasteiger partial charge in [-0.05, 0) is 48.0 Å². The van der Waals surface area contributed by atoms with Crippen LogP contribution in [0, 0.1) is 0 Å². The van der Waals surface area contributed by atoms with Crippen LogP contribution in [-0.2, 0) is 14.3 Å². The quantitative estimate of drug-likeness (QED) is 0.120. The van der Waals surface area contributed by atoms with Gasteiger partial charge in [0.05, 0.1) is 0 Å². The molecule has 0 bridgehead atoms. The highest BCUT2D eigenvalue weighted by Gasteiger charge is 2.46. The lowest BCUT2D eigenvalue weighted by atomic mass is 9.99. The van der Waals surface area contributed by atoms with E-state index < -0.39 is 66.0 Å². The number of fused-ring (bicyclic) bond motifs is 1. The van der Waals surface area contributed by atoms with E-state index in [2.05, 4.69) is 0 Å². The Morgan fingerprint density at radius 1 is 0.837 bits per heavy atom. The number of carbonyl (C=O) groups is 1. The van der Waals surface area contributed by atoms with Crippen LogP contribution < -0.4 is 10.2 Å². The highest BCUT2D eigenvalue weighted by molar-refractivity contribution is 5.88. The molecule has 1 fully saturated rings. The predicted molar refractivity (Wildman–Crippen MR) is 148 cm³/mol. The van der Waals surface area contributed by atoms with E-state index >= 15 is 0 Å². The van der Waals surface area contributed by atoms with Crippen molar-refractivity contribution in [1.29, 1.82) is 0 Å². The molecule has 4 aromatic rings. The van der Waals surface area contributed by atoms with E-state index in [-0.39, 0.29) is 33.8 Å². The van der Waals surface area contributed by atoms with Gasteiger partial charge in [-0.2, -0.15) is 0 Å². The molecule has 0 spiro atoms. The lowest BCUT2D eigenvalue weighted by molar-refractivity contribution is -0.278. The zero-order valence-corrected chi connectivity index (χ0v) is 22.1. The van der Waals surface area contributed by atoms with Crippen molar-refractivity contribution in [3.05, 3.63) is 82.5 Å². The molecular formula is C30H26O13.